The topological polar surface area (TPSA) is 106 Å². The number of hydrogen-bond donors (Lipinski definition) is 4. The van der Waals surface area contributed by atoms with E-state index in [-0.39, 0.29) is 11.8 Å². The molecule has 3 aromatic rings. The van der Waals surface area contributed by atoms with Gasteiger partial charge in [0.1, 0.15) is 11.4 Å². The number of H-pyrrole nitrogens is 2. The van der Waals surface area contributed by atoms with E-state index >= 15 is 0 Å². The number of aromatic amines is 2. The molecule has 3 heterocycles. The number of aromatic nitrogens is 2. The SMILES string of the molecule is O=C(O)c1[nH]c(Cc2sc(Cc3[nH]c(C(=O)O)c4c3[C@@H]3C=C[C@H]4CC3)c3c2[C@H]2C=C[C@@H]3CC2)c2c1[C@@H]1C=C[C@H]2CC1. The Morgan fingerprint density at radius 3 is 1.20 bits per heavy atom. The van der Waals surface area contributed by atoms with E-state index in [9.17, 15) is 19.8 Å². The largest absolute Gasteiger partial charge is 0.477 e. The summed E-state index contributed by atoms with van der Waals surface area (Å²) in [5, 5.41) is 20.1. The predicted molar refractivity (Wildman–Crippen MR) is 157 cm³/mol. The van der Waals surface area contributed by atoms with Gasteiger partial charge in [-0.1, -0.05) is 36.5 Å². The molecule has 0 amide bonds. The van der Waals surface area contributed by atoms with Crippen LogP contribution in [0.15, 0.2) is 36.5 Å². The number of fused-ring (bicyclic) bond motifs is 3. The number of allylic oxidation sites excluding steroid dienone is 6. The molecule has 6 atom stereocenters. The lowest BCUT2D eigenvalue weighted by molar-refractivity contribution is 0.0678. The molecule has 0 fully saturated rings. The fourth-order valence-electron chi connectivity index (χ4n) is 9.26. The van der Waals surface area contributed by atoms with Gasteiger partial charge in [-0.3, -0.25) is 0 Å². The molecular formula is C34H32N2O4S. The molecule has 6 bridgehead atoms. The fourth-order valence-corrected chi connectivity index (χ4v) is 10.7. The molecular weight excluding hydrogens is 532 g/mol. The zero-order valence-electron chi connectivity index (χ0n) is 22.7. The molecule has 0 saturated heterocycles. The number of thiophene rings is 1. The summed E-state index contributed by atoms with van der Waals surface area (Å²) in [5.74, 6) is 0.0734. The number of nitrogens with one attached hydrogen (secondary N) is 2. The molecule has 9 aliphatic rings. The molecule has 7 heteroatoms. The third kappa shape index (κ3) is 3.30. The van der Waals surface area contributed by atoms with Crippen molar-refractivity contribution < 1.29 is 19.8 Å². The van der Waals surface area contributed by atoms with Gasteiger partial charge in [-0.15, -0.1) is 11.3 Å². The number of rotatable bonds is 6. The van der Waals surface area contributed by atoms with E-state index in [0.29, 0.717) is 35.1 Å². The van der Waals surface area contributed by atoms with Gasteiger partial charge in [-0.05, 0) is 71.9 Å². The van der Waals surface area contributed by atoms with Crippen LogP contribution in [-0.4, -0.2) is 32.1 Å². The van der Waals surface area contributed by atoms with E-state index in [1.54, 1.807) is 0 Å². The first kappa shape index (κ1) is 24.1. The summed E-state index contributed by atoms with van der Waals surface area (Å²) < 4.78 is 0. The summed E-state index contributed by atoms with van der Waals surface area (Å²) in [6.07, 6.45) is 21.7. The summed E-state index contributed by atoms with van der Waals surface area (Å²) in [5.41, 5.74) is 10.3. The third-order valence-corrected chi connectivity index (χ3v) is 12.1. The lowest BCUT2D eigenvalue weighted by atomic mass is 9.70. The van der Waals surface area contributed by atoms with Crippen LogP contribution in [-0.2, 0) is 12.8 Å². The molecule has 12 rings (SSSR count). The van der Waals surface area contributed by atoms with Crippen LogP contribution in [0.3, 0.4) is 0 Å². The molecule has 9 aliphatic carbocycles. The van der Waals surface area contributed by atoms with Gasteiger partial charge in [0.2, 0.25) is 0 Å². The molecule has 208 valence electrons. The van der Waals surface area contributed by atoms with Gasteiger partial charge >= 0.3 is 11.9 Å². The number of carboxylic acids is 2. The first-order valence-electron chi connectivity index (χ1n) is 15.1. The molecule has 0 saturated carbocycles. The van der Waals surface area contributed by atoms with E-state index in [4.69, 9.17) is 0 Å². The van der Waals surface area contributed by atoms with Crippen LogP contribution >= 0.6 is 11.3 Å². The minimum atomic E-state index is -0.863. The van der Waals surface area contributed by atoms with Gasteiger partial charge in [0.05, 0.1) is 0 Å². The zero-order chi connectivity index (χ0) is 27.6. The van der Waals surface area contributed by atoms with Crippen molar-refractivity contribution in [2.75, 3.05) is 0 Å². The van der Waals surface area contributed by atoms with Gasteiger partial charge in [-0.2, -0.15) is 0 Å². The van der Waals surface area contributed by atoms with Crippen LogP contribution in [0.2, 0.25) is 0 Å². The Morgan fingerprint density at radius 2 is 0.878 bits per heavy atom. The van der Waals surface area contributed by atoms with Crippen LogP contribution in [0.25, 0.3) is 0 Å². The fraction of sp³-hybridized carbons (Fsp3) is 0.412. The van der Waals surface area contributed by atoms with Crippen molar-refractivity contribution in [2.24, 2.45) is 0 Å². The van der Waals surface area contributed by atoms with Gasteiger partial charge in [0, 0.05) is 69.5 Å². The predicted octanol–water partition coefficient (Wildman–Crippen LogP) is 7.57. The molecule has 4 N–H and O–H groups in total. The van der Waals surface area contributed by atoms with Crippen molar-refractivity contribution in [3.05, 3.63) is 102 Å². The number of carboxylic acid groups (broad SMARTS) is 2. The van der Waals surface area contributed by atoms with Gasteiger partial charge in [-0.25, -0.2) is 9.59 Å². The van der Waals surface area contributed by atoms with Crippen molar-refractivity contribution in [2.45, 2.75) is 86.9 Å². The minimum absolute atomic E-state index is 0.199. The highest BCUT2D eigenvalue weighted by atomic mass is 32.1. The van der Waals surface area contributed by atoms with Gasteiger partial charge in [0.25, 0.3) is 0 Å². The number of hydrogen-bond acceptors (Lipinski definition) is 3. The molecule has 0 aromatic carbocycles. The third-order valence-electron chi connectivity index (χ3n) is 10.9. The average molecular weight is 565 g/mol. The Hall–Kier alpha value is -3.58. The molecule has 0 unspecified atom stereocenters. The second-order valence-electron chi connectivity index (χ2n) is 12.9. The summed E-state index contributed by atoms with van der Waals surface area (Å²) in [7, 11) is 0. The molecule has 0 spiro atoms. The maximum Gasteiger partial charge on any atom is 0.352 e. The van der Waals surface area contributed by atoms with E-state index in [1.807, 2.05) is 11.3 Å². The second-order valence-corrected chi connectivity index (χ2v) is 14.1. The lowest BCUT2D eigenvalue weighted by Gasteiger charge is -2.34. The highest BCUT2D eigenvalue weighted by Gasteiger charge is 2.41. The van der Waals surface area contributed by atoms with Crippen LogP contribution < -0.4 is 0 Å². The van der Waals surface area contributed by atoms with E-state index in [2.05, 4.69) is 46.4 Å². The monoisotopic (exact) mass is 564 g/mol. The summed E-state index contributed by atoms with van der Waals surface area (Å²) in [6, 6.07) is 0. The first-order valence-corrected chi connectivity index (χ1v) is 15.9. The Morgan fingerprint density at radius 1 is 0.561 bits per heavy atom. The Labute approximate surface area is 241 Å². The first-order chi connectivity index (χ1) is 20.0. The molecule has 0 aliphatic heterocycles. The molecule has 41 heavy (non-hydrogen) atoms. The minimum Gasteiger partial charge on any atom is -0.477 e. The van der Waals surface area contributed by atoms with E-state index in [1.165, 1.54) is 32.0 Å². The van der Waals surface area contributed by atoms with Crippen molar-refractivity contribution in [3.63, 3.8) is 0 Å². The van der Waals surface area contributed by atoms with Gasteiger partial charge in [0.15, 0.2) is 0 Å². The smallest absolute Gasteiger partial charge is 0.352 e. The summed E-state index contributed by atoms with van der Waals surface area (Å²) in [6.45, 7) is 0. The van der Waals surface area contributed by atoms with Crippen LogP contribution in [0.4, 0.5) is 0 Å². The van der Waals surface area contributed by atoms with Gasteiger partial charge < -0.3 is 20.2 Å². The number of carbonyl (C=O) groups is 2. The van der Waals surface area contributed by atoms with Crippen LogP contribution in [0, 0.1) is 0 Å². The second kappa shape index (κ2) is 8.48. The van der Waals surface area contributed by atoms with Crippen molar-refractivity contribution in [3.8, 4) is 0 Å². The average Bonchev–Trinajstić information content (AvgIpc) is 3.71. The van der Waals surface area contributed by atoms with Crippen LogP contribution in [0.5, 0.6) is 0 Å². The number of aromatic carboxylic acids is 2. The lowest BCUT2D eigenvalue weighted by Crippen LogP contribution is -2.19. The Bertz CT molecular complexity index is 1640. The normalized spacial score (nSPS) is 29.2. The maximum absolute atomic E-state index is 12.3. The molecule has 0 radical (unpaired) electrons. The highest BCUT2D eigenvalue weighted by molar-refractivity contribution is 7.12. The van der Waals surface area contributed by atoms with E-state index < -0.39 is 11.9 Å². The Balaban J connectivity index is 1.16. The highest BCUT2D eigenvalue weighted by Crippen LogP contribution is 2.54. The van der Waals surface area contributed by atoms with E-state index in [0.717, 1.165) is 73.9 Å². The molecule has 3 aromatic heterocycles. The van der Waals surface area contributed by atoms with Crippen molar-refractivity contribution >= 4 is 23.3 Å². The Kier molecular flexibility index (Phi) is 4.97. The standard InChI is InChI=1S/C34H32N2O4S/c37-33(38)31-29-19-9-1-15(2-10-19)25(29)21(35-31)13-23-27-17-5-7-18(8-6-17)28(27)24(41-23)14-22-26-16-3-11-20(12-4-16)30(26)32(36-22)34(39)40/h1,3,5,7,9,11,15-20,35-36H,2,4,6,8,10,12-14H2,(H,37,38)(H,39,40)/t15-,16+,17-,18+,19+,20-. The van der Waals surface area contributed by atoms with Crippen molar-refractivity contribution in [1.82, 2.24) is 9.97 Å². The van der Waals surface area contributed by atoms with Crippen molar-refractivity contribution in [1.29, 1.82) is 0 Å². The summed E-state index contributed by atoms with van der Waals surface area (Å²) >= 11 is 1.88. The maximum atomic E-state index is 12.3. The zero-order valence-corrected chi connectivity index (χ0v) is 23.5. The summed E-state index contributed by atoms with van der Waals surface area (Å²) in [4.78, 5) is 34.0. The molecule has 6 nitrogen and oxygen atoms in total. The van der Waals surface area contributed by atoms with Crippen LogP contribution in [0.1, 0.15) is 150 Å². The quantitative estimate of drug-likeness (QED) is 0.232.